The lowest BCUT2D eigenvalue weighted by atomic mass is 10.0. The number of primary amides is 1. The molecule has 1 amide bonds. The van der Waals surface area contributed by atoms with Gasteiger partial charge in [0.15, 0.2) is 12.4 Å². The van der Waals surface area contributed by atoms with Crippen LogP contribution >= 0.6 is 0 Å². The van der Waals surface area contributed by atoms with Crippen LogP contribution in [0.3, 0.4) is 0 Å². The van der Waals surface area contributed by atoms with E-state index in [4.69, 9.17) is 19.9 Å². The Labute approximate surface area is 210 Å². The number of hydrogen-bond acceptors (Lipinski definition) is 6. The van der Waals surface area contributed by atoms with E-state index in [-0.39, 0.29) is 18.0 Å². The van der Waals surface area contributed by atoms with E-state index >= 15 is 0 Å². The maximum atomic E-state index is 13.6. The number of benzene rings is 4. The first-order valence-corrected chi connectivity index (χ1v) is 11.6. The molecule has 0 bridgehead atoms. The van der Waals surface area contributed by atoms with Crippen molar-refractivity contribution in [3.63, 3.8) is 0 Å². The molecule has 2 heterocycles. The maximum Gasteiger partial charge on any atom is 0.282 e. The SMILES string of the molecule is NC(=O)COc1ccc2ccccc2c1C=Nn1c(-c2cc3ccccc3o2)nc2ccccc2c1=O. The van der Waals surface area contributed by atoms with Gasteiger partial charge < -0.3 is 14.9 Å². The number of carbonyl (C=O) groups excluding carboxylic acids is 1. The fourth-order valence-electron chi connectivity index (χ4n) is 4.28. The van der Waals surface area contributed by atoms with Gasteiger partial charge in [-0.25, -0.2) is 4.98 Å². The number of amides is 1. The monoisotopic (exact) mass is 488 g/mol. The van der Waals surface area contributed by atoms with Crippen molar-refractivity contribution in [3.05, 3.63) is 107 Å². The Morgan fingerprint density at radius 3 is 2.49 bits per heavy atom. The average Bonchev–Trinajstić information content (AvgIpc) is 3.36. The largest absolute Gasteiger partial charge is 0.483 e. The Hall–Kier alpha value is -5.24. The van der Waals surface area contributed by atoms with E-state index in [2.05, 4.69) is 5.10 Å². The number of nitrogens with zero attached hydrogens (tertiary/aromatic N) is 3. The van der Waals surface area contributed by atoms with Crippen LogP contribution in [0.1, 0.15) is 5.56 Å². The van der Waals surface area contributed by atoms with E-state index in [1.165, 1.54) is 10.9 Å². The third-order valence-corrected chi connectivity index (χ3v) is 6.00. The first-order valence-electron chi connectivity index (χ1n) is 11.6. The number of furan rings is 1. The zero-order valence-corrected chi connectivity index (χ0v) is 19.5. The summed E-state index contributed by atoms with van der Waals surface area (Å²) in [6.07, 6.45) is 1.53. The highest BCUT2D eigenvalue weighted by Crippen LogP contribution is 2.29. The first-order chi connectivity index (χ1) is 18.1. The Bertz CT molecular complexity index is 1870. The third kappa shape index (κ3) is 4.10. The number of aromatic nitrogens is 2. The van der Waals surface area contributed by atoms with Crippen molar-refractivity contribution in [1.82, 2.24) is 9.66 Å². The molecule has 0 aliphatic rings. The molecule has 0 radical (unpaired) electrons. The van der Waals surface area contributed by atoms with Gasteiger partial charge in [0.05, 0.1) is 17.1 Å². The van der Waals surface area contributed by atoms with Gasteiger partial charge in [-0.1, -0.05) is 60.7 Å². The molecule has 6 rings (SSSR count). The predicted octanol–water partition coefficient (Wildman–Crippen LogP) is 4.71. The molecule has 0 saturated heterocycles. The lowest BCUT2D eigenvalue weighted by Crippen LogP contribution is -2.21. The molecule has 0 unspecified atom stereocenters. The number of para-hydroxylation sites is 2. The summed E-state index contributed by atoms with van der Waals surface area (Å²) in [6, 6.07) is 27.8. The lowest BCUT2D eigenvalue weighted by Gasteiger charge is -2.11. The number of fused-ring (bicyclic) bond motifs is 3. The molecule has 0 fully saturated rings. The normalized spacial score (nSPS) is 11.6. The number of carbonyl (C=O) groups is 1. The van der Waals surface area contributed by atoms with Crippen LogP contribution in [0.15, 0.2) is 105 Å². The van der Waals surface area contributed by atoms with E-state index in [1.807, 2.05) is 66.7 Å². The van der Waals surface area contributed by atoms with Gasteiger partial charge in [-0.3, -0.25) is 9.59 Å². The smallest absolute Gasteiger partial charge is 0.282 e. The summed E-state index contributed by atoms with van der Waals surface area (Å²) in [5.41, 5.74) is 6.74. The molecule has 0 saturated carbocycles. The molecule has 8 nitrogen and oxygen atoms in total. The van der Waals surface area contributed by atoms with Crippen molar-refractivity contribution in [2.75, 3.05) is 6.61 Å². The fourth-order valence-corrected chi connectivity index (χ4v) is 4.28. The van der Waals surface area contributed by atoms with E-state index in [1.54, 1.807) is 24.3 Å². The Kier molecular flexibility index (Phi) is 5.46. The summed E-state index contributed by atoms with van der Waals surface area (Å²) in [7, 11) is 0. The summed E-state index contributed by atoms with van der Waals surface area (Å²) in [6.45, 7) is -0.291. The molecule has 2 aromatic heterocycles. The van der Waals surface area contributed by atoms with Crippen LogP contribution in [-0.2, 0) is 4.79 Å². The van der Waals surface area contributed by atoms with Crippen molar-refractivity contribution in [3.8, 4) is 17.3 Å². The Balaban J connectivity index is 1.57. The summed E-state index contributed by atoms with van der Waals surface area (Å²) >= 11 is 0. The van der Waals surface area contributed by atoms with Crippen LogP contribution in [0.25, 0.3) is 44.2 Å². The Morgan fingerprint density at radius 1 is 0.946 bits per heavy atom. The molecule has 0 aliphatic heterocycles. The second-order valence-corrected chi connectivity index (χ2v) is 8.42. The molecule has 6 aromatic rings. The summed E-state index contributed by atoms with van der Waals surface area (Å²) in [4.78, 5) is 29.7. The van der Waals surface area contributed by atoms with Gasteiger partial charge in [-0.05, 0) is 41.1 Å². The van der Waals surface area contributed by atoms with Crippen molar-refractivity contribution in [2.45, 2.75) is 0 Å². The third-order valence-electron chi connectivity index (χ3n) is 6.00. The van der Waals surface area contributed by atoms with Gasteiger partial charge >= 0.3 is 0 Å². The fraction of sp³-hybridized carbons (Fsp3) is 0.0345. The average molecular weight is 489 g/mol. The maximum absolute atomic E-state index is 13.6. The van der Waals surface area contributed by atoms with Crippen LogP contribution in [0.5, 0.6) is 5.75 Å². The van der Waals surface area contributed by atoms with Gasteiger partial charge in [0.2, 0.25) is 5.82 Å². The van der Waals surface area contributed by atoms with Crippen LogP contribution in [0.4, 0.5) is 0 Å². The topological polar surface area (TPSA) is 113 Å². The van der Waals surface area contributed by atoms with E-state index in [0.717, 1.165) is 16.2 Å². The van der Waals surface area contributed by atoms with Gasteiger partial charge in [0.1, 0.15) is 11.3 Å². The number of nitrogens with two attached hydrogens (primary N) is 1. The van der Waals surface area contributed by atoms with Crippen molar-refractivity contribution in [2.24, 2.45) is 10.8 Å². The van der Waals surface area contributed by atoms with Crippen molar-refractivity contribution >= 4 is 44.8 Å². The minimum absolute atomic E-state index is 0.260. The highest BCUT2D eigenvalue weighted by atomic mass is 16.5. The highest BCUT2D eigenvalue weighted by Gasteiger charge is 2.17. The number of ether oxygens (including phenoxy) is 1. The Morgan fingerprint density at radius 2 is 1.68 bits per heavy atom. The minimum atomic E-state index is -0.599. The second-order valence-electron chi connectivity index (χ2n) is 8.42. The minimum Gasteiger partial charge on any atom is -0.483 e. The van der Waals surface area contributed by atoms with Gasteiger partial charge in [0, 0.05) is 10.9 Å². The summed E-state index contributed by atoms with van der Waals surface area (Å²) in [5, 5.41) is 7.65. The summed E-state index contributed by atoms with van der Waals surface area (Å²) < 4.78 is 12.9. The van der Waals surface area contributed by atoms with Crippen LogP contribution in [0, 0.1) is 0 Å². The zero-order valence-electron chi connectivity index (χ0n) is 19.5. The molecular formula is C29H20N4O4. The zero-order chi connectivity index (χ0) is 25.4. The number of hydrogen-bond donors (Lipinski definition) is 1. The van der Waals surface area contributed by atoms with Crippen LogP contribution < -0.4 is 16.0 Å². The molecule has 0 atom stereocenters. The molecule has 0 aliphatic carbocycles. The predicted molar refractivity (Wildman–Crippen MR) is 143 cm³/mol. The van der Waals surface area contributed by atoms with Crippen molar-refractivity contribution < 1.29 is 13.9 Å². The molecule has 0 spiro atoms. The van der Waals surface area contributed by atoms with Crippen LogP contribution in [0.2, 0.25) is 0 Å². The molecular weight excluding hydrogens is 468 g/mol. The quantitative estimate of drug-likeness (QED) is 0.341. The van der Waals surface area contributed by atoms with Crippen molar-refractivity contribution in [1.29, 1.82) is 0 Å². The molecule has 37 heavy (non-hydrogen) atoms. The number of rotatable bonds is 6. The molecule has 180 valence electrons. The van der Waals surface area contributed by atoms with Gasteiger partial charge in [0.25, 0.3) is 11.5 Å². The van der Waals surface area contributed by atoms with Gasteiger partial charge in [-0.2, -0.15) is 9.78 Å². The standard InChI is InChI=1S/C29H20N4O4/c30-27(34)17-36-25-14-13-18-7-1-3-9-20(18)22(25)16-31-33-28(26-15-19-8-2-6-12-24(19)37-26)32-23-11-5-4-10-21(23)29(33)35/h1-16H,17H2,(H2,30,34). The van der Waals surface area contributed by atoms with E-state index < -0.39 is 5.91 Å². The molecule has 4 aromatic carbocycles. The highest BCUT2D eigenvalue weighted by molar-refractivity contribution is 6.02. The first kappa shape index (κ1) is 22.2. The van der Waals surface area contributed by atoms with Gasteiger partial charge in [-0.15, -0.1) is 0 Å². The van der Waals surface area contributed by atoms with E-state index in [9.17, 15) is 9.59 Å². The van der Waals surface area contributed by atoms with E-state index in [0.29, 0.717) is 33.6 Å². The second kappa shape index (κ2) is 9.09. The molecule has 2 N–H and O–H groups in total. The summed E-state index contributed by atoms with van der Waals surface area (Å²) in [5.74, 6) is 0.479. The van der Waals surface area contributed by atoms with Crippen LogP contribution in [-0.4, -0.2) is 28.4 Å². The molecule has 8 heteroatoms. The lowest BCUT2D eigenvalue weighted by molar-refractivity contribution is -0.119.